The molecular formula is C15H13IN4O3S. The smallest absolute Gasteiger partial charge is 0.206 e. The number of aromatic nitrogens is 4. The van der Waals surface area contributed by atoms with E-state index in [0.29, 0.717) is 26.4 Å². The molecule has 0 aliphatic rings. The van der Waals surface area contributed by atoms with Gasteiger partial charge in [-0.2, -0.15) is 4.80 Å². The van der Waals surface area contributed by atoms with Gasteiger partial charge < -0.3 is 9.29 Å². The van der Waals surface area contributed by atoms with E-state index >= 15 is 0 Å². The lowest BCUT2D eigenvalue weighted by molar-refractivity contribution is 0.414. The third-order valence-corrected chi connectivity index (χ3v) is 5.57. The van der Waals surface area contributed by atoms with Crippen molar-refractivity contribution < 1.29 is 13.5 Å². The molecular weight excluding hydrogens is 443 g/mol. The maximum absolute atomic E-state index is 11.3. The Morgan fingerprint density at radius 3 is 2.67 bits per heavy atom. The molecule has 1 atom stereocenters. The highest BCUT2D eigenvalue weighted by atomic mass is 127. The quantitative estimate of drug-likeness (QED) is 0.469. The second kappa shape index (κ2) is 7.36. The molecule has 0 aliphatic carbocycles. The molecule has 0 bridgehead atoms. The van der Waals surface area contributed by atoms with Crippen LogP contribution in [0.1, 0.15) is 5.56 Å². The molecule has 0 aliphatic heterocycles. The van der Waals surface area contributed by atoms with Crippen molar-refractivity contribution in [2.45, 2.75) is 11.4 Å². The number of methoxy groups -OCH3 is 1. The van der Waals surface area contributed by atoms with Crippen LogP contribution in [0.3, 0.4) is 0 Å². The van der Waals surface area contributed by atoms with Gasteiger partial charge in [0.05, 0.1) is 18.6 Å². The number of benzene rings is 2. The van der Waals surface area contributed by atoms with E-state index in [9.17, 15) is 8.76 Å². The summed E-state index contributed by atoms with van der Waals surface area (Å²) in [5, 5.41) is 12.5. The fourth-order valence-corrected chi connectivity index (χ4v) is 3.75. The van der Waals surface area contributed by atoms with Gasteiger partial charge in [-0.3, -0.25) is 0 Å². The molecule has 0 amide bonds. The molecule has 0 fully saturated rings. The van der Waals surface area contributed by atoms with Crippen LogP contribution in [0.15, 0.2) is 47.4 Å². The number of ether oxygens (including phenoxy) is 1. The largest absolute Gasteiger partial charge is 0.497 e. The first-order chi connectivity index (χ1) is 11.6. The van der Waals surface area contributed by atoms with Gasteiger partial charge in [-0.15, -0.1) is 10.2 Å². The number of tetrazole rings is 1. The summed E-state index contributed by atoms with van der Waals surface area (Å²) < 4.78 is 26.4. The van der Waals surface area contributed by atoms with Gasteiger partial charge in [0.1, 0.15) is 5.75 Å². The Bertz CT molecular complexity index is 883. The van der Waals surface area contributed by atoms with Gasteiger partial charge in [0.15, 0.2) is 11.1 Å². The summed E-state index contributed by atoms with van der Waals surface area (Å²) >= 11 is -0.0383. The molecule has 1 aromatic heterocycles. The first-order valence-electron chi connectivity index (χ1n) is 6.89. The fourth-order valence-electron chi connectivity index (χ4n) is 2.13. The van der Waals surface area contributed by atoms with Crippen molar-refractivity contribution in [3.63, 3.8) is 0 Å². The van der Waals surface area contributed by atoms with E-state index in [0.717, 1.165) is 11.3 Å². The van der Waals surface area contributed by atoms with Gasteiger partial charge in [0, 0.05) is 9.13 Å². The zero-order valence-electron chi connectivity index (χ0n) is 12.6. The Morgan fingerprint density at radius 2 is 2.00 bits per heavy atom. The fraction of sp³-hybridized carbons (Fsp3) is 0.133. The zero-order chi connectivity index (χ0) is 17.1. The lowest BCUT2D eigenvalue weighted by Crippen LogP contribution is -2.04. The van der Waals surface area contributed by atoms with Crippen molar-refractivity contribution in [1.82, 2.24) is 20.2 Å². The summed E-state index contributed by atoms with van der Waals surface area (Å²) in [6, 6.07) is 12.7. The Labute approximate surface area is 154 Å². The van der Waals surface area contributed by atoms with Crippen molar-refractivity contribution in [2.75, 3.05) is 7.11 Å². The zero-order valence-corrected chi connectivity index (χ0v) is 15.6. The highest BCUT2D eigenvalue weighted by molar-refractivity contribution is 14.1. The number of halogens is 1. The summed E-state index contributed by atoms with van der Waals surface area (Å²) in [6.45, 7) is 0.471. The van der Waals surface area contributed by atoms with Crippen molar-refractivity contribution in [1.29, 1.82) is 0 Å². The van der Waals surface area contributed by atoms with E-state index < -0.39 is 11.1 Å². The second-order valence-electron chi connectivity index (χ2n) is 4.86. The van der Waals surface area contributed by atoms with E-state index in [-0.39, 0.29) is 0 Å². The predicted octanol–water partition coefficient (Wildman–Crippen LogP) is 2.58. The van der Waals surface area contributed by atoms with Crippen LogP contribution in [0.5, 0.6) is 5.75 Å². The molecule has 9 heteroatoms. The van der Waals surface area contributed by atoms with Gasteiger partial charge in [-0.1, -0.05) is 18.2 Å². The maximum Gasteiger partial charge on any atom is 0.206 e. The van der Waals surface area contributed by atoms with E-state index in [1.165, 1.54) is 4.80 Å². The number of hydrogen-bond donors (Lipinski definition) is 1. The molecule has 124 valence electrons. The molecule has 2 aromatic carbocycles. The number of nitrogens with zero attached hydrogens (tertiary/aromatic N) is 4. The monoisotopic (exact) mass is 456 g/mol. The molecule has 3 rings (SSSR count). The van der Waals surface area contributed by atoms with E-state index in [2.05, 4.69) is 15.4 Å². The highest BCUT2D eigenvalue weighted by Gasteiger charge is 2.15. The van der Waals surface area contributed by atoms with Gasteiger partial charge in [0.25, 0.3) is 0 Å². The Morgan fingerprint density at radius 1 is 1.25 bits per heavy atom. The van der Waals surface area contributed by atoms with Gasteiger partial charge >= 0.3 is 0 Å². The molecule has 3 aromatic rings. The first kappa shape index (κ1) is 17.0. The molecule has 0 saturated heterocycles. The van der Waals surface area contributed by atoms with Crippen LogP contribution >= 0.6 is 22.6 Å². The summed E-state index contributed by atoms with van der Waals surface area (Å²) in [5.74, 6) is 1.20. The van der Waals surface area contributed by atoms with Gasteiger partial charge in [-0.05, 0) is 57.6 Å². The van der Waals surface area contributed by atoms with Crippen molar-refractivity contribution in [3.8, 4) is 17.1 Å². The standard InChI is InChI=1S/C15H13IN4O3S/c1-23-11-7-5-10(6-8-11)9-20-18-15(17-19-20)12-3-2-4-13(14(12)16)24(21)22/h2-8H,9H2,1H3,(H,21,22). The molecule has 1 unspecified atom stereocenters. The van der Waals surface area contributed by atoms with Crippen LogP contribution < -0.4 is 4.74 Å². The van der Waals surface area contributed by atoms with Crippen LogP contribution in [0.2, 0.25) is 0 Å². The van der Waals surface area contributed by atoms with E-state index in [4.69, 9.17) is 4.74 Å². The lowest BCUT2D eigenvalue weighted by atomic mass is 10.2. The molecule has 1 N–H and O–H groups in total. The molecule has 24 heavy (non-hydrogen) atoms. The minimum Gasteiger partial charge on any atom is -0.497 e. The third kappa shape index (κ3) is 3.62. The van der Waals surface area contributed by atoms with Crippen molar-refractivity contribution in [2.24, 2.45) is 0 Å². The molecule has 7 nitrogen and oxygen atoms in total. The van der Waals surface area contributed by atoms with Crippen LogP contribution in [0.25, 0.3) is 11.4 Å². The van der Waals surface area contributed by atoms with E-state index in [1.54, 1.807) is 25.3 Å². The average molecular weight is 456 g/mol. The summed E-state index contributed by atoms with van der Waals surface area (Å²) in [5.41, 5.74) is 1.69. The Hall–Kier alpha value is -1.85. The van der Waals surface area contributed by atoms with Crippen LogP contribution in [-0.2, 0) is 17.6 Å². The van der Waals surface area contributed by atoms with E-state index in [1.807, 2.05) is 46.9 Å². The summed E-state index contributed by atoms with van der Waals surface area (Å²) in [6.07, 6.45) is 0. The van der Waals surface area contributed by atoms with Gasteiger partial charge in [-0.25, -0.2) is 4.21 Å². The van der Waals surface area contributed by atoms with Crippen LogP contribution in [-0.4, -0.2) is 36.1 Å². The lowest BCUT2D eigenvalue weighted by Gasteiger charge is -2.04. The average Bonchev–Trinajstić information content (AvgIpc) is 3.03. The third-order valence-electron chi connectivity index (χ3n) is 3.33. The Balaban J connectivity index is 1.85. The Kier molecular flexibility index (Phi) is 5.21. The second-order valence-corrected chi connectivity index (χ2v) is 6.88. The predicted molar refractivity (Wildman–Crippen MR) is 97.1 cm³/mol. The molecule has 0 saturated carbocycles. The highest BCUT2D eigenvalue weighted by Crippen LogP contribution is 2.26. The van der Waals surface area contributed by atoms with Crippen LogP contribution in [0, 0.1) is 3.57 Å². The van der Waals surface area contributed by atoms with Gasteiger partial charge in [0.2, 0.25) is 5.82 Å². The maximum atomic E-state index is 11.3. The number of rotatable bonds is 5. The normalized spacial score (nSPS) is 12.1. The first-order valence-corrected chi connectivity index (χ1v) is 9.07. The topological polar surface area (TPSA) is 90.1 Å². The minimum absolute atomic E-state index is 0.333. The molecule has 1 heterocycles. The summed E-state index contributed by atoms with van der Waals surface area (Å²) in [4.78, 5) is 1.81. The summed E-state index contributed by atoms with van der Waals surface area (Å²) in [7, 11) is 1.62. The SMILES string of the molecule is COc1ccc(Cn2nnc(-c3cccc(S(=O)O)c3I)n2)cc1. The molecule has 0 spiro atoms. The van der Waals surface area contributed by atoms with Crippen LogP contribution in [0.4, 0.5) is 0 Å². The number of hydrogen-bond acceptors (Lipinski definition) is 5. The molecule has 0 radical (unpaired) electrons. The minimum atomic E-state index is -2.05. The van der Waals surface area contributed by atoms with Crippen molar-refractivity contribution >= 4 is 33.7 Å². The van der Waals surface area contributed by atoms with Crippen molar-refractivity contribution in [3.05, 3.63) is 51.6 Å².